The van der Waals surface area contributed by atoms with Gasteiger partial charge in [0.2, 0.25) is 11.8 Å². The van der Waals surface area contributed by atoms with Crippen molar-refractivity contribution in [1.29, 1.82) is 0 Å². The second kappa shape index (κ2) is 5.47. The van der Waals surface area contributed by atoms with Gasteiger partial charge in [-0.1, -0.05) is 6.07 Å². The van der Waals surface area contributed by atoms with Crippen LogP contribution in [0.1, 0.15) is 25.0 Å². The van der Waals surface area contributed by atoms with E-state index in [-0.39, 0.29) is 17.2 Å². The van der Waals surface area contributed by atoms with Crippen molar-refractivity contribution in [1.82, 2.24) is 14.8 Å². The van der Waals surface area contributed by atoms with Crippen LogP contribution in [0.2, 0.25) is 0 Å². The Labute approximate surface area is 124 Å². The predicted molar refractivity (Wildman–Crippen MR) is 78.4 cm³/mol. The van der Waals surface area contributed by atoms with Crippen LogP contribution in [0.4, 0.5) is 0 Å². The van der Waals surface area contributed by atoms with Gasteiger partial charge in [0.15, 0.2) is 0 Å². The standard InChI is InChI=1S/C16H21N3O2/c1-18-10-7-16(15(18)21)6-4-9-19(12-16)14(20)11-13-5-2-3-8-17-13/h2-3,5,8H,4,6-7,9-12H2,1H3/t16-/m0/s1. The van der Waals surface area contributed by atoms with Gasteiger partial charge in [0.05, 0.1) is 11.8 Å². The summed E-state index contributed by atoms with van der Waals surface area (Å²) in [5.41, 5.74) is 0.462. The summed E-state index contributed by atoms with van der Waals surface area (Å²) in [6, 6.07) is 5.60. The number of rotatable bonds is 2. The molecule has 2 saturated heterocycles. The Morgan fingerprint density at radius 3 is 2.86 bits per heavy atom. The Morgan fingerprint density at radius 2 is 2.19 bits per heavy atom. The zero-order valence-corrected chi connectivity index (χ0v) is 12.4. The summed E-state index contributed by atoms with van der Waals surface area (Å²) in [6.45, 7) is 2.13. The van der Waals surface area contributed by atoms with E-state index in [0.29, 0.717) is 13.0 Å². The third-order valence-corrected chi connectivity index (χ3v) is 4.71. The van der Waals surface area contributed by atoms with Crippen molar-refractivity contribution in [2.45, 2.75) is 25.7 Å². The predicted octanol–water partition coefficient (Wildman–Crippen LogP) is 1.09. The van der Waals surface area contributed by atoms with Crippen LogP contribution < -0.4 is 0 Å². The summed E-state index contributed by atoms with van der Waals surface area (Å²) in [4.78, 5) is 32.7. The lowest BCUT2D eigenvalue weighted by molar-refractivity contribution is -0.142. The molecule has 5 heteroatoms. The quantitative estimate of drug-likeness (QED) is 0.818. The molecule has 0 N–H and O–H groups in total. The van der Waals surface area contributed by atoms with E-state index >= 15 is 0 Å². The van der Waals surface area contributed by atoms with Crippen LogP contribution in [0.15, 0.2) is 24.4 Å². The number of hydrogen-bond acceptors (Lipinski definition) is 3. The van der Waals surface area contributed by atoms with E-state index in [1.54, 1.807) is 11.1 Å². The van der Waals surface area contributed by atoms with Crippen LogP contribution in [-0.2, 0) is 16.0 Å². The molecular weight excluding hydrogens is 266 g/mol. The molecule has 21 heavy (non-hydrogen) atoms. The number of piperidine rings is 1. The highest BCUT2D eigenvalue weighted by atomic mass is 16.2. The van der Waals surface area contributed by atoms with Gasteiger partial charge in [0.25, 0.3) is 0 Å². The molecule has 3 heterocycles. The van der Waals surface area contributed by atoms with Crippen LogP contribution in [0.3, 0.4) is 0 Å². The molecule has 1 aromatic heterocycles. The molecule has 0 unspecified atom stereocenters. The summed E-state index contributed by atoms with van der Waals surface area (Å²) in [5, 5.41) is 0. The van der Waals surface area contributed by atoms with Gasteiger partial charge in [-0.15, -0.1) is 0 Å². The Balaban J connectivity index is 1.69. The average Bonchev–Trinajstić information content (AvgIpc) is 2.77. The Morgan fingerprint density at radius 1 is 1.33 bits per heavy atom. The molecule has 2 amide bonds. The molecule has 0 radical (unpaired) electrons. The zero-order chi connectivity index (χ0) is 14.9. The average molecular weight is 287 g/mol. The monoisotopic (exact) mass is 287 g/mol. The van der Waals surface area contributed by atoms with E-state index in [4.69, 9.17) is 0 Å². The van der Waals surface area contributed by atoms with Gasteiger partial charge in [-0.25, -0.2) is 0 Å². The number of pyridine rings is 1. The van der Waals surface area contributed by atoms with Gasteiger partial charge in [-0.05, 0) is 31.4 Å². The third kappa shape index (κ3) is 2.64. The van der Waals surface area contributed by atoms with Gasteiger partial charge in [0.1, 0.15) is 0 Å². The van der Waals surface area contributed by atoms with E-state index in [1.165, 1.54) is 0 Å². The van der Waals surface area contributed by atoms with Crippen LogP contribution >= 0.6 is 0 Å². The second-order valence-electron chi connectivity index (χ2n) is 6.17. The number of carbonyl (C=O) groups is 2. The summed E-state index contributed by atoms with van der Waals surface area (Å²) in [5.74, 6) is 0.285. The number of likely N-dealkylation sites (tertiary alicyclic amines) is 2. The molecule has 1 atom stereocenters. The number of amides is 2. The van der Waals surface area contributed by atoms with Gasteiger partial charge in [-0.2, -0.15) is 0 Å². The molecule has 2 aliphatic rings. The van der Waals surface area contributed by atoms with Gasteiger partial charge < -0.3 is 9.80 Å². The molecule has 0 bridgehead atoms. The van der Waals surface area contributed by atoms with Crippen molar-refractivity contribution in [2.75, 3.05) is 26.7 Å². The van der Waals surface area contributed by atoms with Crippen LogP contribution in [0.25, 0.3) is 0 Å². The summed E-state index contributed by atoms with van der Waals surface area (Å²) < 4.78 is 0. The molecule has 0 saturated carbocycles. The summed E-state index contributed by atoms with van der Waals surface area (Å²) in [6.07, 6.45) is 4.71. The minimum atomic E-state index is -0.327. The van der Waals surface area contributed by atoms with Crippen molar-refractivity contribution in [3.05, 3.63) is 30.1 Å². The van der Waals surface area contributed by atoms with Crippen molar-refractivity contribution in [3.63, 3.8) is 0 Å². The topological polar surface area (TPSA) is 53.5 Å². The Hall–Kier alpha value is -1.91. The van der Waals surface area contributed by atoms with Crippen molar-refractivity contribution in [3.8, 4) is 0 Å². The normalized spacial score (nSPS) is 25.7. The Kier molecular flexibility index (Phi) is 3.66. The summed E-state index contributed by atoms with van der Waals surface area (Å²) in [7, 11) is 1.85. The molecule has 1 spiro atoms. The lowest BCUT2D eigenvalue weighted by atomic mass is 9.78. The molecule has 1 aromatic rings. The highest BCUT2D eigenvalue weighted by Crippen LogP contribution is 2.39. The first kappa shape index (κ1) is 14.0. The van der Waals surface area contributed by atoms with E-state index < -0.39 is 0 Å². The Bertz CT molecular complexity index is 542. The van der Waals surface area contributed by atoms with Crippen LogP contribution in [0.5, 0.6) is 0 Å². The molecular formula is C16H21N3O2. The van der Waals surface area contributed by atoms with Crippen LogP contribution in [0, 0.1) is 5.41 Å². The second-order valence-corrected chi connectivity index (χ2v) is 6.17. The first-order valence-corrected chi connectivity index (χ1v) is 7.54. The van der Waals surface area contributed by atoms with Gasteiger partial charge in [0, 0.05) is 38.6 Å². The maximum atomic E-state index is 12.5. The van der Waals surface area contributed by atoms with Crippen molar-refractivity contribution in [2.24, 2.45) is 5.41 Å². The van der Waals surface area contributed by atoms with Crippen molar-refractivity contribution >= 4 is 11.8 Å². The highest BCUT2D eigenvalue weighted by Gasteiger charge is 2.48. The number of aromatic nitrogens is 1. The van der Waals surface area contributed by atoms with E-state index in [2.05, 4.69) is 4.98 Å². The SMILES string of the molecule is CN1CC[C@]2(CCCN(C(=O)Cc3ccccn3)C2)C1=O. The molecule has 0 aliphatic carbocycles. The first-order valence-electron chi connectivity index (χ1n) is 7.54. The number of carbonyl (C=O) groups excluding carboxylic acids is 2. The lowest BCUT2D eigenvalue weighted by Crippen LogP contribution is -2.49. The lowest BCUT2D eigenvalue weighted by Gasteiger charge is -2.38. The van der Waals surface area contributed by atoms with E-state index in [9.17, 15) is 9.59 Å². The highest BCUT2D eigenvalue weighted by molar-refractivity contribution is 5.86. The fourth-order valence-corrected chi connectivity index (χ4v) is 3.49. The number of nitrogens with zero attached hydrogens (tertiary/aromatic N) is 3. The maximum Gasteiger partial charge on any atom is 0.230 e. The number of hydrogen-bond donors (Lipinski definition) is 0. The van der Waals surface area contributed by atoms with Gasteiger partial charge >= 0.3 is 0 Å². The van der Waals surface area contributed by atoms with Crippen molar-refractivity contribution < 1.29 is 9.59 Å². The van der Waals surface area contributed by atoms with E-state index in [1.807, 2.05) is 30.1 Å². The maximum absolute atomic E-state index is 12.5. The first-order chi connectivity index (χ1) is 10.1. The minimum absolute atomic E-state index is 0.0788. The molecule has 0 aromatic carbocycles. The molecule has 112 valence electrons. The fraction of sp³-hybridized carbons (Fsp3) is 0.562. The fourth-order valence-electron chi connectivity index (χ4n) is 3.49. The van der Waals surface area contributed by atoms with Gasteiger partial charge in [-0.3, -0.25) is 14.6 Å². The largest absolute Gasteiger partial charge is 0.345 e. The zero-order valence-electron chi connectivity index (χ0n) is 12.4. The summed E-state index contributed by atoms with van der Waals surface area (Å²) >= 11 is 0. The van der Waals surface area contributed by atoms with E-state index in [0.717, 1.165) is 38.0 Å². The molecule has 2 fully saturated rings. The third-order valence-electron chi connectivity index (χ3n) is 4.71. The smallest absolute Gasteiger partial charge is 0.230 e. The molecule has 5 nitrogen and oxygen atoms in total. The molecule has 3 rings (SSSR count). The van der Waals surface area contributed by atoms with Crippen LogP contribution in [-0.4, -0.2) is 53.3 Å². The molecule has 2 aliphatic heterocycles. The minimum Gasteiger partial charge on any atom is -0.345 e.